The van der Waals surface area contributed by atoms with Crippen LogP contribution >= 0.6 is 11.8 Å². The normalized spacial score (nSPS) is 16.1. The Morgan fingerprint density at radius 1 is 0.822 bits per heavy atom. The van der Waals surface area contributed by atoms with E-state index < -0.39 is 0 Å². The van der Waals surface area contributed by atoms with E-state index in [9.17, 15) is 18.4 Å². The van der Waals surface area contributed by atoms with Crippen molar-refractivity contribution < 1.29 is 18.4 Å². The summed E-state index contributed by atoms with van der Waals surface area (Å²) in [5, 5.41) is 3.00. The summed E-state index contributed by atoms with van der Waals surface area (Å²) in [7, 11) is 0. The highest BCUT2D eigenvalue weighted by Gasteiger charge is 2.29. The monoisotopic (exact) mass is 624 g/mol. The number of hydrogen-bond acceptors (Lipinski definition) is 5. The Labute approximate surface area is 266 Å². The zero-order valence-corrected chi connectivity index (χ0v) is 25.6. The van der Waals surface area contributed by atoms with Gasteiger partial charge in [-0.25, -0.2) is 8.78 Å². The second kappa shape index (κ2) is 14.1. The van der Waals surface area contributed by atoms with Crippen LogP contribution in [-0.2, 0) is 11.3 Å². The largest absolute Gasteiger partial charge is 0.367 e. The number of nitrogens with one attached hydrogen (secondary N) is 1. The van der Waals surface area contributed by atoms with Crippen LogP contribution in [0.25, 0.3) is 6.08 Å². The van der Waals surface area contributed by atoms with Crippen molar-refractivity contribution >= 4 is 41.0 Å². The van der Waals surface area contributed by atoms with Gasteiger partial charge in [-0.05, 0) is 78.7 Å². The van der Waals surface area contributed by atoms with Gasteiger partial charge in [0.25, 0.3) is 11.8 Å². The first-order valence-corrected chi connectivity index (χ1v) is 15.9. The molecular formula is C36H34F2N4O2S. The van der Waals surface area contributed by atoms with E-state index in [1.165, 1.54) is 30.0 Å². The van der Waals surface area contributed by atoms with E-state index in [2.05, 4.69) is 15.1 Å². The molecule has 2 amide bonds. The maximum absolute atomic E-state index is 14.1. The molecule has 45 heavy (non-hydrogen) atoms. The Morgan fingerprint density at radius 3 is 2.24 bits per heavy atom. The number of nitrogens with zero attached hydrogens (tertiary/aromatic N) is 3. The van der Waals surface area contributed by atoms with E-state index >= 15 is 0 Å². The molecule has 1 N–H and O–H groups in total. The van der Waals surface area contributed by atoms with Gasteiger partial charge in [-0.1, -0.05) is 60.3 Å². The van der Waals surface area contributed by atoms with Crippen molar-refractivity contribution in [3.8, 4) is 0 Å². The number of para-hydroxylation sites is 2. The molecule has 0 spiro atoms. The number of thioether (sulfide) groups is 1. The molecule has 230 valence electrons. The molecule has 2 aliphatic heterocycles. The second-order valence-corrected chi connectivity index (χ2v) is 12.2. The van der Waals surface area contributed by atoms with Crippen LogP contribution in [0, 0.1) is 11.6 Å². The number of anilines is 2. The van der Waals surface area contributed by atoms with Gasteiger partial charge >= 0.3 is 0 Å². The molecule has 4 aromatic carbocycles. The first-order chi connectivity index (χ1) is 21.9. The minimum atomic E-state index is -0.314. The zero-order chi connectivity index (χ0) is 31.2. The third kappa shape index (κ3) is 7.44. The molecule has 0 radical (unpaired) electrons. The van der Waals surface area contributed by atoms with E-state index in [1.807, 2.05) is 54.6 Å². The lowest BCUT2D eigenvalue weighted by molar-refractivity contribution is -0.114. The van der Waals surface area contributed by atoms with Gasteiger partial charge in [-0.15, -0.1) is 0 Å². The number of carbonyl (C=O) groups is 2. The lowest BCUT2D eigenvalue weighted by Crippen LogP contribution is -2.47. The van der Waals surface area contributed by atoms with Crippen LogP contribution in [0.1, 0.15) is 27.9 Å². The molecule has 4 aromatic rings. The Hall–Kier alpha value is -4.47. The van der Waals surface area contributed by atoms with E-state index in [1.54, 1.807) is 35.2 Å². The predicted octanol–water partition coefficient (Wildman–Crippen LogP) is 6.59. The lowest BCUT2D eigenvalue weighted by atomic mass is 10.1. The smallest absolute Gasteiger partial charge is 0.265 e. The first-order valence-electron chi connectivity index (χ1n) is 15.1. The number of halogens is 2. The SMILES string of the molecule is O=C(NCCCN1CCN(c2ccccc2F)CC1)c1ccc(/C=C2\Sc3ccccc3N(Cc3ccc(F)cc3)C2=O)cc1. The van der Waals surface area contributed by atoms with Crippen molar-refractivity contribution in [1.82, 2.24) is 10.2 Å². The molecule has 0 aliphatic carbocycles. The highest BCUT2D eigenvalue weighted by molar-refractivity contribution is 8.04. The van der Waals surface area contributed by atoms with Gasteiger partial charge in [0.05, 0.1) is 22.8 Å². The summed E-state index contributed by atoms with van der Waals surface area (Å²) in [5.41, 5.74) is 3.69. The summed E-state index contributed by atoms with van der Waals surface area (Å²) in [6, 6.07) is 28.0. The average molecular weight is 625 g/mol. The van der Waals surface area contributed by atoms with Crippen LogP contribution in [0.3, 0.4) is 0 Å². The van der Waals surface area contributed by atoms with Crippen molar-refractivity contribution in [2.75, 3.05) is 49.1 Å². The average Bonchev–Trinajstić information content (AvgIpc) is 3.07. The molecule has 2 heterocycles. The molecule has 2 aliphatic rings. The number of benzene rings is 4. The third-order valence-corrected chi connectivity index (χ3v) is 9.14. The van der Waals surface area contributed by atoms with Gasteiger partial charge in [-0.3, -0.25) is 14.5 Å². The van der Waals surface area contributed by atoms with Crippen molar-refractivity contribution in [2.45, 2.75) is 17.9 Å². The maximum atomic E-state index is 14.1. The summed E-state index contributed by atoms with van der Waals surface area (Å²) in [6.07, 6.45) is 2.67. The molecule has 0 atom stereocenters. The van der Waals surface area contributed by atoms with Crippen molar-refractivity contribution in [3.05, 3.63) is 130 Å². The third-order valence-electron chi connectivity index (χ3n) is 8.06. The van der Waals surface area contributed by atoms with Crippen molar-refractivity contribution in [1.29, 1.82) is 0 Å². The summed E-state index contributed by atoms with van der Waals surface area (Å²) >= 11 is 1.42. The molecule has 0 bridgehead atoms. The molecule has 0 unspecified atom stereocenters. The first kappa shape index (κ1) is 30.6. The molecule has 1 saturated heterocycles. The maximum Gasteiger partial charge on any atom is 0.265 e. The minimum Gasteiger partial charge on any atom is -0.367 e. The van der Waals surface area contributed by atoms with Gasteiger partial charge in [-0.2, -0.15) is 0 Å². The van der Waals surface area contributed by atoms with Crippen LogP contribution in [-0.4, -0.2) is 56.0 Å². The molecule has 0 aromatic heterocycles. The van der Waals surface area contributed by atoms with Crippen LogP contribution in [0.4, 0.5) is 20.2 Å². The van der Waals surface area contributed by atoms with Crippen molar-refractivity contribution in [2.24, 2.45) is 0 Å². The highest BCUT2D eigenvalue weighted by atomic mass is 32.2. The zero-order valence-electron chi connectivity index (χ0n) is 24.8. The van der Waals surface area contributed by atoms with Crippen LogP contribution in [0.2, 0.25) is 0 Å². The Morgan fingerprint density at radius 2 is 1.51 bits per heavy atom. The molecule has 6 rings (SSSR count). The van der Waals surface area contributed by atoms with Gasteiger partial charge in [0, 0.05) is 43.2 Å². The Balaban J connectivity index is 1.01. The van der Waals surface area contributed by atoms with E-state index in [0.717, 1.165) is 60.9 Å². The van der Waals surface area contributed by atoms with E-state index in [0.29, 0.717) is 29.2 Å². The number of amides is 2. The van der Waals surface area contributed by atoms with Gasteiger partial charge < -0.3 is 15.1 Å². The van der Waals surface area contributed by atoms with Crippen LogP contribution in [0.15, 0.2) is 107 Å². The summed E-state index contributed by atoms with van der Waals surface area (Å²) < 4.78 is 27.5. The van der Waals surface area contributed by atoms with E-state index in [4.69, 9.17) is 0 Å². The van der Waals surface area contributed by atoms with Crippen LogP contribution in [0.5, 0.6) is 0 Å². The summed E-state index contributed by atoms with van der Waals surface area (Å²) in [5.74, 6) is -0.763. The minimum absolute atomic E-state index is 0.126. The molecule has 0 saturated carbocycles. The number of piperazine rings is 1. The fraction of sp³-hybridized carbons (Fsp3) is 0.222. The van der Waals surface area contributed by atoms with Crippen LogP contribution < -0.4 is 15.1 Å². The molecule has 1 fully saturated rings. The topological polar surface area (TPSA) is 55.9 Å². The highest BCUT2D eigenvalue weighted by Crippen LogP contribution is 2.42. The Bertz CT molecular complexity index is 1690. The van der Waals surface area contributed by atoms with Crippen molar-refractivity contribution in [3.63, 3.8) is 0 Å². The number of fused-ring (bicyclic) bond motifs is 1. The molecule has 6 nitrogen and oxygen atoms in total. The quantitative estimate of drug-likeness (QED) is 0.168. The number of carbonyl (C=O) groups excluding carboxylic acids is 2. The lowest BCUT2D eigenvalue weighted by Gasteiger charge is -2.36. The van der Waals surface area contributed by atoms with E-state index in [-0.39, 0.29) is 23.4 Å². The standard InChI is InChI=1S/C36H34F2N4O2S/c37-29-16-12-27(13-17-29)25-42-32-8-3-4-9-33(32)45-34(36(42)44)24-26-10-14-28(15-11-26)35(43)39-18-5-19-40-20-22-41(23-21-40)31-7-2-1-6-30(31)38/h1-4,6-17,24H,5,18-23,25H2,(H,39,43)/b34-24-. The number of rotatable bonds is 9. The summed E-state index contributed by atoms with van der Waals surface area (Å²) in [6.45, 7) is 5.02. The van der Waals surface area contributed by atoms with Gasteiger partial charge in [0.15, 0.2) is 0 Å². The van der Waals surface area contributed by atoms with Gasteiger partial charge in [0.2, 0.25) is 0 Å². The fourth-order valence-corrected chi connectivity index (χ4v) is 6.66. The van der Waals surface area contributed by atoms with Gasteiger partial charge in [0.1, 0.15) is 11.6 Å². The fourth-order valence-electron chi connectivity index (χ4n) is 5.60. The second-order valence-electron chi connectivity index (χ2n) is 11.1. The molecule has 9 heteroatoms. The Kier molecular flexibility index (Phi) is 9.57. The predicted molar refractivity (Wildman–Crippen MR) is 176 cm³/mol. The summed E-state index contributed by atoms with van der Waals surface area (Å²) in [4.78, 5) is 34.0. The number of hydrogen-bond donors (Lipinski definition) is 1. The molecular weight excluding hydrogens is 590 g/mol.